The Labute approximate surface area is 65.9 Å². The smallest absolute Gasteiger partial charge is 0 e. The van der Waals surface area contributed by atoms with Crippen molar-refractivity contribution < 1.29 is 65.9 Å². The summed E-state index contributed by atoms with van der Waals surface area (Å²) in [6, 6.07) is 0. The SMILES string of the molecule is OOO.[Co].[Fe].[Ni]. The Morgan fingerprint density at radius 1 is 1.17 bits per heavy atom. The number of rotatable bonds is 0. The molecule has 0 heterocycles. The van der Waals surface area contributed by atoms with Gasteiger partial charge >= 0.3 is 0 Å². The van der Waals surface area contributed by atoms with E-state index < -0.39 is 0 Å². The van der Waals surface area contributed by atoms with E-state index in [0.717, 1.165) is 0 Å². The second-order valence-electron chi connectivity index (χ2n) is 0.0816. The molecule has 0 aromatic heterocycles. The predicted molar refractivity (Wildman–Crippen MR) is 6.34 cm³/mol. The van der Waals surface area contributed by atoms with Crippen LogP contribution in [0.4, 0.5) is 0 Å². The van der Waals surface area contributed by atoms with Crippen molar-refractivity contribution in [2.45, 2.75) is 0 Å². The van der Waals surface area contributed by atoms with Crippen molar-refractivity contribution in [1.82, 2.24) is 0 Å². The molecule has 0 aliphatic carbocycles. The van der Waals surface area contributed by atoms with Crippen molar-refractivity contribution in [1.29, 1.82) is 0 Å². The van der Waals surface area contributed by atoms with Crippen molar-refractivity contribution >= 4 is 0 Å². The molecule has 0 amide bonds. The Balaban J connectivity index is -0.00000000667. The van der Waals surface area contributed by atoms with Gasteiger partial charge in [0.2, 0.25) is 0 Å². The van der Waals surface area contributed by atoms with Crippen LogP contribution in [0.3, 0.4) is 0 Å². The first kappa shape index (κ1) is 26.2. The summed E-state index contributed by atoms with van der Waals surface area (Å²) in [6.45, 7) is 0. The van der Waals surface area contributed by atoms with E-state index in [-0.39, 0.29) is 50.3 Å². The van der Waals surface area contributed by atoms with Gasteiger partial charge in [0.1, 0.15) is 0 Å². The van der Waals surface area contributed by atoms with Crippen LogP contribution in [0.5, 0.6) is 0 Å². The van der Waals surface area contributed by atoms with E-state index in [9.17, 15) is 0 Å². The van der Waals surface area contributed by atoms with Gasteiger partial charge in [-0.25, -0.2) is 10.5 Å². The van der Waals surface area contributed by atoms with Crippen LogP contribution in [0.1, 0.15) is 0 Å². The molecule has 47 valence electrons. The summed E-state index contributed by atoms with van der Waals surface area (Å²) in [4.78, 5) is 0. The molecule has 0 bridgehead atoms. The van der Waals surface area contributed by atoms with Crippen LogP contribution in [-0.2, 0) is 55.4 Å². The Morgan fingerprint density at radius 3 is 1.17 bits per heavy atom. The van der Waals surface area contributed by atoms with Crippen molar-refractivity contribution in [2.24, 2.45) is 0 Å². The monoisotopic (exact) mass is 223 g/mol. The molecule has 0 atom stereocenters. The molecule has 0 spiro atoms. The van der Waals surface area contributed by atoms with Crippen molar-refractivity contribution in [3.8, 4) is 0 Å². The van der Waals surface area contributed by atoms with E-state index in [2.05, 4.69) is 5.04 Å². The normalized spacial score (nSPS) is 3.00. The van der Waals surface area contributed by atoms with Crippen LogP contribution < -0.4 is 0 Å². The topological polar surface area (TPSA) is 49.7 Å². The van der Waals surface area contributed by atoms with Crippen molar-refractivity contribution in [3.63, 3.8) is 0 Å². The first-order chi connectivity index (χ1) is 1.41. The Hall–Kier alpha value is 1.40. The number of hydrogen-bond donors (Lipinski definition) is 2. The summed E-state index contributed by atoms with van der Waals surface area (Å²) in [7, 11) is 0. The molecule has 2 N–H and O–H groups in total. The standard InChI is InChI=1S/Co.Fe.Ni.H2O3/c;;;1-3-2/h;;;1-2H. The van der Waals surface area contributed by atoms with E-state index in [1.165, 1.54) is 0 Å². The molecule has 6 heavy (non-hydrogen) atoms. The van der Waals surface area contributed by atoms with Crippen LogP contribution in [0.15, 0.2) is 0 Å². The van der Waals surface area contributed by atoms with Gasteiger partial charge < -0.3 is 0 Å². The van der Waals surface area contributed by atoms with Gasteiger partial charge in [-0.05, 0) is 0 Å². The Bertz CT molecular complexity index is 10.8. The van der Waals surface area contributed by atoms with Gasteiger partial charge in [-0.15, -0.1) is 0 Å². The van der Waals surface area contributed by atoms with Gasteiger partial charge in [-0.3, -0.25) is 0 Å². The largest absolute Gasteiger partial charge is 0.221 e. The number of hydrogen-bond acceptors (Lipinski definition) is 3. The van der Waals surface area contributed by atoms with Crippen molar-refractivity contribution in [3.05, 3.63) is 0 Å². The van der Waals surface area contributed by atoms with Crippen LogP contribution in [-0.4, -0.2) is 10.5 Å². The van der Waals surface area contributed by atoms with Crippen LogP contribution in [0, 0.1) is 0 Å². The minimum absolute atomic E-state index is 0. The van der Waals surface area contributed by atoms with Gasteiger partial charge in [0.05, 0.1) is 0 Å². The predicted octanol–water partition coefficient (Wildman–Crippen LogP) is -0.0585. The van der Waals surface area contributed by atoms with Crippen LogP contribution >= 0.6 is 0 Å². The van der Waals surface area contributed by atoms with E-state index in [1.807, 2.05) is 0 Å². The van der Waals surface area contributed by atoms with E-state index >= 15 is 0 Å². The first-order valence-corrected chi connectivity index (χ1v) is 0.365. The third-order valence-electron chi connectivity index (χ3n) is 0. The summed E-state index contributed by atoms with van der Waals surface area (Å²) in [5.74, 6) is 0. The summed E-state index contributed by atoms with van der Waals surface area (Å²) >= 11 is 0. The Kier molecular flexibility index (Phi) is 142. The fourth-order valence-electron chi connectivity index (χ4n) is 0. The summed E-state index contributed by atoms with van der Waals surface area (Å²) < 4.78 is 0. The van der Waals surface area contributed by atoms with E-state index in [1.54, 1.807) is 0 Å². The second kappa shape index (κ2) is 32.4. The molecule has 6 heteroatoms. The maximum atomic E-state index is 6.62. The first-order valence-electron chi connectivity index (χ1n) is 0.365. The summed E-state index contributed by atoms with van der Waals surface area (Å²) in [6.07, 6.45) is 0. The fourth-order valence-corrected chi connectivity index (χ4v) is 0. The van der Waals surface area contributed by atoms with Crippen molar-refractivity contribution in [2.75, 3.05) is 0 Å². The quantitative estimate of drug-likeness (QED) is 0.344. The fraction of sp³-hybridized carbons (Fsp3) is 0. The molecule has 0 saturated carbocycles. The van der Waals surface area contributed by atoms with Crippen LogP contribution in [0.2, 0.25) is 0 Å². The molecule has 1 radical (unpaired) electrons. The third-order valence-corrected chi connectivity index (χ3v) is 0. The van der Waals surface area contributed by atoms with Gasteiger partial charge in [0.15, 0.2) is 0 Å². The molecule has 0 aliphatic heterocycles. The zero-order valence-electron chi connectivity index (χ0n) is 2.31. The van der Waals surface area contributed by atoms with E-state index in [4.69, 9.17) is 10.5 Å². The van der Waals surface area contributed by atoms with Gasteiger partial charge in [0, 0.05) is 50.3 Å². The molecule has 0 unspecified atom stereocenters. The maximum Gasteiger partial charge on any atom is 0 e. The molecule has 0 aliphatic rings. The molecular weight excluding hydrogens is 221 g/mol. The van der Waals surface area contributed by atoms with Crippen LogP contribution in [0.25, 0.3) is 0 Å². The molecule has 0 aromatic rings. The minimum Gasteiger partial charge on any atom is -0.221 e. The minimum atomic E-state index is 0. The summed E-state index contributed by atoms with van der Waals surface area (Å²) in [5, 5.41) is 15.5. The molecule has 0 rings (SSSR count). The molecular formula is H2CoFeNiO3. The van der Waals surface area contributed by atoms with Gasteiger partial charge in [0.25, 0.3) is 0 Å². The maximum absolute atomic E-state index is 6.62. The zero-order valence-corrected chi connectivity index (χ0v) is 5.44. The zero-order chi connectivity index (χ0) is 2.71. The molecule has 3 nitrogen and oxygen atoms in total. The summed E-state index contributed by atoms with van der Waals surface area (Å²) in [5.41, 5.74) is 0. The Morgan fingerprint density at radius 2 is 1.17 bits per heavy atom. The average molecular weight is 223 g/mol. The molecule has 0 fully saturated rings. The van der Waals surface area contributed by atoms with Gasteiger partial charge in [-0.2, -0.15) is 0 Å². The molecule has 0 aromatic carbocycles. The third kappa shape index (κ3) is 53.4. The second-order valence-corrected chi connectivity index (χ2v) is 0.0816. The average Bonchev–Trinajstić information content (AvgIpc) is 0.918. The molecule has 0 saturated heterocycles. The van der Waals surface area contributed by atoms with Gasteiger partial charge in [-0.1, -0.05) is 5.04 Å². The van der Waals surface area contributed by atoms with E-state index in [0.29, 0.717) is 0 Å².